The molecule has 3 saturated carbocycles. The van der Waals surface area contributed by atoms with Crippen LogP contribution in [0.5, 0.6) is 0 Å². The number of thioether (sulfide) groups is 2. The molecule has 0 aromatic heterocycles. The molecule has 4 aliphatic rings. The second-order valence-corrected chi connectivity index (χ2v) is 9.88. The Balaban J connectivity index is 1.92. The molecule has 90 valence electrons. The number of hydrogen-bond acceptors (Lipinski definition) is 2. The van der Waals surface area contributed by atoms with Gasteiger partial charge in [0.1, 0.15) is 7.85 Å². The van der Waals surface area contributed by atoms with Gasteiger partial charge in [-0.2, -0.15) is 23.5 Å². The molecular formula is C13H23BS2. The highest BCUT2D eigenvalue weighted by Crippen LogP contribution is 2.75. The van der Waals surface area contributed by atoms with Crippen molar-refractivity contribution in [3.05, 3.63) is 0 Å². The van der Waals surface area contributed by atoms with Crippen LogP contribution in [-0.4, -0.2) is 23.3 Å². The maximum absolute atomic E-state index is 2.56. The second-order valence-electron chi connectivity index (χ2n) is 6.59. The monoisotopic (exact) mass is 254 g/mol. The Kier molecular flexibility index (Phi) is 2.69. The SMILES string of the molecule is BC1(C23CCCC(C2)C3(C)C)SCCCS1. The molecule has 1 saturated heterocycles. The molecule has 4 fully saturated rings. The Hall–Kier alpha value is 0.765. The number of fused-ring (bicyclic) bond motifs is 2. The molecule has 16 heavy (non-hydrogen) atoms. The van der Waals surface area contributed by atoms with Crippen molar-refractivity contribution < 1.29 is 0 Å². The summed E-state index contributed by atoms with van der Waals surface area (Å²) < 4.78 is 0.520. The molecule has 3 heteroatoms. The molecule has 2 unspecified atom stereocenters. The smallest absolute Gasteiger partial charge is 0.136 e. The van der Waals surface area contributed by atoms with Gasteiger partial charge in [0.05, 0.1) is 0 Å². The van der Waals surface area contributed by atoms with Crippen LogP contribution in [0.25, 0.3) is 0 Å². The van der Waals surface area contributed by atoms with E-state index in [-0.39, 0.29) is 0 Å². The minimum absolute atomic E-state index is 0.520. The summed E-state index contributed by atoms with van der Waals surface area (Å²) in [5.74, 6) is 3.82. The van der Waals surface area contributed by atoms with Crippen molar-refractivity contribution in [1.29, 1.82) is 0 Å². The molecule has 2 atom stereocenters. The van der Waals surface area contributed by atoms with Crippen LogP contribution in [-0.2, 0) is 0 Å². The summed E-state index contributed by atoms with van der Waals surface area (Å²) in [6, 6.07) is 0. The van der Waals surface area contributed by atoms with E-state index >= 15 is 0 Å². The molecule has 0 spiro atoms. The van der Waals surface area contributed by atoms with Crippen LogP contribution in [0.1, 0.15) is 46.0 Å². The highest BCUT2D eigenvalue weighted by molar-refractivity contribution is 8.20. The third kappa shape index (κ3) is 1.28. The van der Waals surface area contributed by atoms with Crippen molar-refractivity contribution in [3.63, 3.8) is 0 Å². The summed E-state index contributed by atoms with van der Waals surface area (Å²) in [5, 5.41) is 0. The van der Waals surface area contributed by atoms with Crippen molar-refractivity contribution in [3.8, 4) is 0 Å². The Bertz CT molecular complexity index is 292. The van der Waals surface area contributed by atoms with Crippen molar-refractivity contribution >= 4 is 31.4 Å². The van der Waals surface area contributed by atoms with Crippen LogP contribution in [0.4, 0.5) is 0 Å². The number of rotatable bonds is 1. The minimum atomic E-state index is 0.520. The van der Waals surface area contributed by atoms with E-state index in [1.165, 1.54) is 43.6 Å². The fourth-order valence-corrected chi connectivity index (χ4v) is 8.47. The fraction of sp³-hybridized carbons (Fsp3) is 1.00. The maximum Gasteiger partial charge on any atom is 0.136 e. The molecule has 0 aromatic carbocycles. The first-order chi connectivity index (χ1) is 7.52. The van der Waals surface area contributed by atoms with Gasteiger partial charge in [0, 0.05) is 3.98 Å². The molecular weight excluding hydrogens is 231 g/mol. The predicted molar refractivity (Wildman–Crippen MR) is 79.0 cm³/mol. The summed E-state index contributed by atoms with van der Waals surface area (Å²) in [7, 11) is 2.56. The average Bonchev–Trinajstić information content (AvgIpc) is 2.30. The van der Waals surface area contributed by atoms with E-state index in [1.807, 2.05) is 0 Å². The molecule has 0 aromatic rings. The first-order valence-electron chi connectivity index (χ1n) is 6.80. The van der Waals surface area contributed by atoms with Gasteiger partial charge in [-0.3, -0.25) is 0 Å². The lowest BCUT2D eigenvalue weighted by atomic mass is 9.37. The zero-order valence-electron chi connectivity index (χ0n) is 10.8. The molecule has 0 radical (unpaired) electrons. The summed E-state index contributed by atoms with van der Waals surface area (Å²) in [4.78, 5) is 0. The average molecular weight is 254 g/mol. The van der Waals surface area contributed by atoms with Crippen molar-refractivity contribution in [2.24, 2.45) is 16.7 Å². The van der Waals surface area contributed by atoms with Crippen LogP contribution >= 0.6 is 23.5 Å². The Morgan fingerprint density at radius 2 is 1.81 bits per heavy atom. The summed E-state index contributed by atoms with van der Waals surface area (Å²) in [5.41, 5.74) is 1.26. The lowest BCUT2D eigenvalue weighted by Gasteiger charge is -2.72. The second kappa shape index (κ2) is 3.63. The zero-order chi connectivity index (χ0) is 11.4. The highest BCUT2D eigenvalue weighted by atomic mass is 32.2. The van der Waals surface area contributed by atoms with Gasteiger partial charge in [-0.25, -0.2) is 0 Å². The topological polar surface area (TPSA) is 0 Å². The normalized spacial score (nSPS) is 44.8. The minimum Gasteiger partial charge on any atom is -0.153 e. The van der Waals surface area contributed by atoms with E-state index < -0.39 is 0 Å². The van der Waals surface area contributed by atoms with E-state index in [1.54, 1.807) is 0 Å². The largest absolute Gasteiger partial charge is 0.153 e. The van der Waals surface area contributed by atoms with Gasteiger partial charge >= 0.3 is 0 Å². The van der Waals surface area contributed by atoms with Crippen LogP contribution in [0.3, 0.4) is 0 Å². The van der Waals surface area contributed by atoms with Gasteiger partial charge < -0.3 is 0 Å². The molecule has 0 N–H and O–H groups in total. The molecule has 1 heterocycles. The molecule has 1 aliphatic heterocycles. The lowest BCUT2D eigenvalue weighted by Crippen LogP contribution is -2.67. The van der Waals surface area contributed by atoms with Crippen molar-refractivity contribution in [1.82, 2.24) is 0 Å². The first kappa shape index (κ1) is 11.8. The lowest BCUT2D eigenvalue weighted by molar-refractivity contribution is -0.155. The summed E-state index contributed by atoms with van der Waals surface area (Å²) in [6.07, 6.45) is 7.43. The van der Waals surface area contributed by atoms with E-state index in [0.717, 1.165) is 5.92 Å². The first-order valence-corrected chi connectivity index (χ1v) is 8.77. The van der Waals surface area contributed by atoms with E-state index in [2.05, 4.69) is 45.2 Å². The standard InChI is InChI=1S/C13H23BS2/c1-11(2)10-5-3-6-12(11,9-10)13(14)15-7-4-8-16-13/h10H,3-9,14H2,1-2H3. The van der Waals surface area contributed by atoms with Crippen molar-refractivity contribution in [2.75, 3.05) is 11.5 Å². The van der Waals surface area contributed by atoms with E-state index in [4.69, 9.17) is 0 Å². The zero-order valence-corrected chi connectivity index (χ0v) is 12.5. The van der Waals surface area contributed by atoms with Crippen LogP contribution in [0.15, 0.2) is 0 Å². The van der Waals surface area contributed by atoms with Gasteiger partial charge in [0.15, 0.2) is 0 Å². The van der Waals surface area contributed by atoms with Crippen molar-refractivity contribution in [2.45, 2.75) is 49.9 Å². The highest BCUT2D eigenvalue weighted by Gasteiger charge is 2.68. The van der Waals surface area contributed by atoms with E-state index in [9.17, 15) is 0 Å². The molecule has 0 amide bonds. The van der Waals surface area contributed by atoms with Crippen LogP contribution in [0, 0.1) is 16.7 Å². The van der Waals surface area contributed by atoms with Crippen LogP contribution in [0.2, 0.25) is 0 Å². The van der Waals surface area contributed by atoms with E-state index in [0.29, 0.717) is 14.8 Å². The number of hydrogen-bond donors (Lipinski definition) is 0. The van der Waals surface area contributed by atoms with Gasteiger partial charge in [-0.05, 0) is 53.9 Å². The van der Waals surface area contributed by atoms with Gasteiger partial charge in [-0.1, -0.05) is 20.3 Å². The Morgan fingerprint density at radius 3 is 2.38 bits per heavy atom. The third-order valence-corrected chi connectivity index (χ3v) is 9.49. The third-order valence-electron chi connectivity index (χ3n) is 5.92. The predicted octanol–water partition coefficient (Wildman–Crippen LogP) is 3.36. The van der Waals surface area contributed by atoms with Crippen LogP contribution < -0.4 is 0 Å². The molecule has 4 rings (SSSR count). The van der Waals surface area contributed by atoms with Gasteiger partial charge in [-0.15, -0.1) is 0 Å². The molecule has 0 nitrogen and oxygen atoms in total. The summed E-state index contributed by atoms with van der Waals surface area (Å²) >= 11 is 4.55. The maximum atomic E-state index is 2.56. The van der Waals surface area contributed by atoms with Gasteiger partial charge in [0.2, 0.25) is 0 Å². The molecule has 3 aliphatic carbocycles. The molecule has 2 bridgehead atoms. The Morgan fingerprint density at radius 1 is 1.12 bits per heavy atom. The summed E-state index contributed by atoms with van der Waals surface area (Å²) in [6.45, 7) is 5.11. The fourth-order valence-electron chi connectivity index (χ4n) is 4.64. The Labute approximate surface area is 109 Å². The van der Waals surface area contributed by atoms with Gasteiger partial charge in [0.25, 0.3) is 0 Å². The quantitative estimate of drug-likeness (QED) is 0.658.